The molecule has 1 atom stereocenters. The molecule has 25 heavy (non-hydrogen) atoms. The second kappa shape index (κ2) is 6.25. The Morgan fingerprint density at radius 2 is 2.08 bits per heavy atom. The summed E-state index contributed by atoms with van der Waals surface area (Å²) in [5.74, 6) is -0.252. The maximum atomic E-state index is 12.8. The lowest BCUT2D eigenvalue weighted by atomic mass is 10.2. The van der Waals surface area contributed by atoms with E-state index in [1.54, 1.807) is 25.4 Å². The van der Waals surface area contributed by atoms with E-state index in [0.29, 0.717) is 28.2 Å². The highest BCUT2D eigenvalue weighted by atomic mass is 32.2. The zero-order valence-electron chi connectivity index (χ0n) is 12.8. The lowest BCUT2D eigenvalue weighted by Crippen LogP contribution is -2.11. The largest absolute Gasteiger partial charge is 0.433 e. The molecule has 0 aliphatic heterocycles. The van der Waals surface area contributed by atoms with Gasteiger partial charge in [0.05, 0.1) is 28.2 Å². The van der Waals surface area contributed by atoms with E-state index in [2.05, 4.69) is 26.0 Å². The number of aromatic amines is 1. The van der Waals surface area contributed by atoms with Gasteiger partial charge in [-0.05, 0) is 13.0 Å². The molecule has 0 saturated heterocycles. The highest BCUT2D eigenvalue weighted by molar-refractivity contribution is 7.99. The number of anilines is 1. The van der Waals surface area contributed by atoms with Crippen LogP contribution in [0.15, 0.2) is 29.7 Å². The molecule has 0 aromatic carbocycles. The number of thioether (sulfide) groups is 1. The molecule has 0 fully saturated rings. The van der Waals surface area contributed by atoms with Crippen molar-refractivity contribution in [3.63, 3.8) is 0 Å². The van der Waals surface area contributed by atoms with E-state index in [9.17, 15) is 13.2 Å². The molecule has 0 amide bonds. The Kier molecular flexibility index (Phi) is 4.26. The molecule has 3 heterocycles. The predicted octanol–water partition coefficient (Wildman–Crippen LogP) is 3.68. The minimum Gasteiger partial charge on any atom is -0.384 e. The first-order valence-electron chi connectivity index (χ1n) is 7.03. The molecule has 0 bridgehead atoms. The Morgan fingerprint density at radius 1 is 1.32 bits per heavy atom. The first kappa shape index (κ1) is 17.0. The second-order valence-electron chi connectivity index (χ2n) is 5.19. The first-order valence-corrected chi connectivity index (χ1v) is 7.91. The van der Waals surface area contributed by atoms with Crippen molar-refractivity contribution >= 4 is 28.5 Å². The fraction of sp³-hybridized carbons (Fsp3) is 0.200. The minimum atomic E-state index is -4.60. The van der Waals surface area contributed by atoms with E-state index >= 15 is 0 Å². The minimum absolute atomic E-state index is 0.0868. The number of hydrogen-bond donors (Lipinski definition) is 2. The quantitative estimate of drug-likeness (QED) is 0.543. The van der Waals surface area contributed by atoms with Crippen molar-refractivity contribution in [3.8, 4) is 6.07 Å². The van der Waals surface area contributed by atoms with Crippen LogP contribution in [-0.4, -0.2) is 19.9 Å². The molecule has 0 radical (unpaired) electrons. The van der Waals surface area contributed by atoms with Gasteiger partial charge in [0.15, 0.2) is 10.9 Å². The third kappa shape index (κ3) is 3.51. The molecule has 0 aliphatic carbocycles. The van der Waals surface area contributed by atoms with Gasteiger partial charge in [-0.15, -0.1) is 0 Å². The normalized spacial score (nSPS) is 12.9. The number of nitrogens with two attached hydrogens (primary N) is 1. The second-order valence-corrected chi connectivity index (χ2v) is 6.50. The summed E-state index contributed by atoms with van der Waals surface area (Å²) in [6.07, 6.45) is -1.45. The summed E-state index contributed by atoms with van der Waals surface area (Å²) < 4.78 is 38.5. The molecule has 0 aliphatic rings. The molecule has 3 aromatic rings. The number of hydrogen-bond acceptors (Lipinski definition) is 6. The number of pyridine rings is 1. The summed E-state index contributed by atoms with van der Waals surface area (Å²) in [5, 5.41) is 9.36. The van der Waals surface area contributed by atoms with Crippen molar-refractivity contribution in [1.29, 1.82) is 5.26 Å². The van der Waals surface area contributed by atoms with Crippen LogP contribution in [0.2, 0.25) is 0 Å². The molecule has 6 nitrogen and oxygen atoms in total. The number of nitrogens with one attached hydrogen (secondary N) is 1. The highest BCUT2D eigenvalue weighted by Crippen LogP contribution is 2.36. The zero-order valence-corrected chi connectivity index (χ0v) is 13.6. The topological polar surface area (TPSA) is 104 Å². The molecule has 3 rings (SSSR count). The first-order chi connectivity index (χ1) is 11.8. The number of H-pyrrole nitrogens is 1. The average Bonchev–Trinajstić information content (AvgIpc) is 2.95. The van der Waals surface area contributed by atoms with Crippen molar-refractivity contribution in [1.82, 2.24) is 19.9 Å². The third-order valence-electron chi connectivity index (χ3n) is 3.42. The number of alkyl halides is 3. The summed E-state index contributed by atoms with van der Waals surface area (Å²) in [5.41, 5.74) is 6.13. The summed E-state index contributed by atoms with van der Waals surface area (Å²) in [6.45, 7) is 1.76. The SMILES string of the molecule is CC(Sc1nc(N)cc(C(F)(F)F)n1)c1cc2c(C#N)c[nH]c2cn1. The van der Waals surface area contributed by atoms with Crippen molar-refractivity contribution in [2.45, 2.75) is 23.5 Å². The molecule has 128 valence electrons. The van der Waals surface area contributed by atoms with Crippen LogP contribution in [0.1, 0.15) is 29.1 Å². The molecule has 3 aromatic heterocycles. The molecule has 10 heteroatoms. The Morgan fingerprint density at radius 3 is 2.76 bits per heavy atom. The average molecular weight is 364 g/mol. The van der Waals surface area contributed by atoms with Crippen LogP contribution in [0, 0.1) is 11.3 Å². The Hall–Kier alpha value is -2.80. The van der Waals surface area contributed by atoms with Gasteiger partial charge in [0.2, 0.25) is 0 Å². The molecular weight excluding hydrogens is 353 g/mol. The number of rotatable bonds is 3. The predicted molar refractivity (Wildman–Crippen MR) is 86.5 cm³/mol. The van der Waals surface area contributed by atoms with Gasteiger partial charge in [0.25, 0.3) is 0 Å². The van der Waals surface area contributed by atoms with E-state index in [4.69, 9.17) is 11.0 Å². The maximum Gasteiger partial charge on any atom is 0.433 e. The maximum absolute atomic E-state index is 12.8. The van der Waals surface area contributed by atoms with Gasteiger partial charge in [-0.2, -0.15) is 18.4 Å². The molecular formula is C15H11F3N6S. The molecule has 0 saturated carbocycles. The molecule has 0 spiro atoms. The summed E-state index contributed by atoms with van der Waals surface area (Å²) in [4.78, 5) is 14.6. The van der Waals surface area contributed by atoms with Gasteiger partial charge in [-0.25, -0.2) is 9.97 Å². The highest BCUT2D eigenvalue weighted by Gasteiger charge is 2.33. The van der Waals surface area contributed by atoms with Gasteiger partial charge in [-0.3, -0.25) is 4.98 Å². The number of fused-ring (bicyclic) bond motifs is 1. The molecule has 3 N–H and O–H groups in total. The van der Waals surface area contributed by atoms with Crippen LogP contribution in [0.5, 0.6) is 0 Å². The van der Waals surface area contributed by atoms with Gasteiger partial charge < -0.3 is 10.7 Å². The van der Waals surface area contributed by atoms with E-state index in [1.165, 1.54) is 0 Å². The van der Waals surface area contributed by atoms with Crippen LogP contribution in [0.3, 0.4) is 0 Å². The van der Waals surface area contributed by atoms with Crippen molar-refractivity contribution in [2.75, 3.05) is 5.73 Å². The van der Waals surface area contributed by atoms with Crippen LogP contribution >= 0.6 is 11.8 Å². The van der Waals surface area contributed by atoms with Crippen molar-refractivity contribution < 1.29 is 13.2 Å². The van der Waals surface area contributed by atoms with Crippen LogP contribution in [0.4, 0.5) is 19.0 Å². The van der Waals surface area contributed by atoms with Crippen molar-refractivity contribution in [3.05, 3.63) is 41.5 Å². The summed E-state index contributed by atoms with van der Waals surface area (Å²) >= 11 is 1.01. The lowest BCUT2D eigenvalue weighted by molar-refractivity contribution is -0.141. The number of nitriles is 1. The van der Waals surface area contributed by atoms with E-state index in [1.807, 2.05) is 0 Å². The van der Waals surface area contributed by atoms with Crippen molar-refractivity contribution in [2.24, 2.45) is 0 Å². The Bertz CT molecular complexity index is 976. The summed E-state index contributed by atoms with van der Waals surface area (Å²) in [7, 11) is 0. The Balaban J connectivity index is 1.91. The number of nitrogen functional groups attached to an aromatic ring is 1. The van der Waals surface area contributed by atoms with Gasteiger partial charge in [0.1, 0.15) is 11.9 Å². The van der Waals surface area contributed by atoms with E-state index < -0.39 is 11.9 Å². The fourth-order valence-corrected chi connectivity index (χ4v) is 3.09. The van der Waals surface area contributed by atoms with Gasteiger partial charge in [0, 0.05) is 17.6 Å². The van der Waals surface area contributed by atoms with Crippen LogP contribution in [0.25, 0.3) is 10.9 Å². The smallest absolute Gasteiger partial charge is 0.384 e. The fourth-order valence-electron chi connectivity index (χ4n) is 2.21. The zero-order chi connectivity index (χ0) is 18.2. The molecule has 1 unspecified atom stereocenters. The Labute approximate surface area is 144 Å². The standard InChI is InChI=1S/C15H11F3N6S/c1-7(10-2-9-8(4-19)5-21-11(9)6-22-10)25-14-23-12(15(16,17)18)3-13(20)24-14/h2-3,5-7,21H,1H3,(H2,20,23,24). The number of halogens is 3. The monoisotopic (exact) mass is 364 g/mol. The number of nitrogens with zero attached hydrogens (tertiary/aromatic N) is 4. The summed E-state index contributed by atoms with van der Waals surface area (Å²) in [6, 6.07) is 4.48. The lowest BCUT2D eigenvalue weighted by Gasteiger charge is -2.12. The van der Waals surface area contributed by atoms with E-state index in [-0.39, 0.29) is 16.2 Å². The van der Waals surface area contributed by atoms with Gasteiger partial charge >= 0.3 is 6.18 Å². The van der Waals surface area contributed by atoms with Gasteiger partial charge in [-0.1, -0.05) is 11.8 Å². The van der Waals surface area contributed by atoms with Crippen LogP contribution in [-0.2, 0) is 6.18 Å². The van der Waals surface area contributed by atoms with Crippen LogP contribution < -0.4 is 5.73 Å². The van der Waals surface area contributed by atoms with E-state index in [0.717, 1.165) is 11.8 Å². The third-order valence-corrected chi connectivity index (χ3v) is 4.41. The number of aromatic nitrogens is 4.